The molecule has 1 aromatic rings. The first-order valence-electron chi connectivity index (χ1n) is 10.7. The minimum Gasteiger partial charge on any atom is -0.325 e. The minimum absolute atomic E-state index is 1.03. The van der Waals surface area contributed by atoms with Crippen molar-refractivity contribution in [2.45, 2.75) is 87.7 Å². The van der Waals surface area contributed by atoms with Gasteiger partial charge in [-0.3, -0.25) is 0 Å². The van der Waals surface area contributed by atoms with Crippen molar-refractivity contribution in [3.05, 3.63) is 30.3 Å². The maximum Gasteiger partial charge on any atom is 0.319 e. The molecule has 11 heteroatoms. The number of hydrogen-bond donors (Lipinski definition) is 6. The van der Waals surface area contributed by atoms with Crippen molar-refractivity contribution >= 4 is 41.0 Å². The van der Waals surface area contributed by atoms with E-state index >= 15 is 0 Å². The van der Waals surface area contributed by atoms with Crippen molar-refractivity contribution in [2.75, 3.05) is 0 Å². The van der Waals surface area contributed by atoms with Gasteiger partial charge in [-0.05, 0) is 23.6 Å². The molecule has 0 atom stereocenters. The molecule has 0 bridgehead atoms. The van der Waals surface area contributed by atoms with Crippen LogP contribution in [0.3, 0.4) is 0 Å². The SMILES string of the molecule is CCCCCC[CH2][Mo]([CH2]CCCCCC)[c]1ccccc1.OP(O)(O)=S.OP(O)(O)=S. The molecule has 0 unspecified atom stereocenters. The second kappa shape index (κ2) is 21.5. The van der Waals surface area contributed by atoms with E-state index in [1.165, 1.54) is 64.2 Å². The molecule has 1 aromatic carbocycles. The molecule has 6 nitrogen and oxygen atoms in total. The van der Waals surface area contributed by atoms with Crippen molar-refractivity contribution in [3.8, 4) is 0 Å². The number of unbranched alkanes of at least 4 members (excludes halogenated alkanes) is 8. The molecule has 1 rings (SSSR count). The van der Waals surface area contributed by atoms with Crippen molar-refractivity contribution in [2.24, 2.45) is 0 Å². The van der Waals surface area contributed by atoms with Gasteiger partial charge in [-0.2, -0.15) is 0 Å². The van der Waals surface area contributed by atoms with Gasteiger partial charge in [0.2, 0.25) is 0 Å². The van der Waals surface area contributed by atoms with Crippen LogP contribution in [0.5, 0.6) is 0 Å². The van der Waals surface area contributed by atoms with Gasteiger partial charge in [-0.1, -0.05) is 0 Å². The first-order chi connectivity index (χ1) is 14.4. The minimum atomic E-state index is -3.81. The Balaban J connectivity index is 0. The van der Waals surface area contributed by atoms with Crippen LogP contribution in [0.25, 0.3) is 0 Å². The van der Waals surface area contributed by atoms with Crippen LogP contribution < -0.4 is 3.95 Å². The Kier molecular flexibility index (Phi) is 23.7. The third-order valence-electron chi connectivity index (χ3n) is 4.07. The molecule has 0 saturated heterocycles. The Hall–Kier alpha value is 0.968. The van der Waals surface area contributed by atoms with Gasteiger partial charge >= 0.3 is 153 Å². The van der Waals surface area contributed by atoms with Crippen LogP contribution in [0.1, 0.15) is 78.1 Å². The zero-order chi connectivity index (χ0) is 24.2. The fraction of sp³-hybridized carbons (Fsp3) is 0.700. The van der Waals surface area contributed by atoms with Crippen LogP contribution in [0.4, 0.5) is 0 Å². The first kappa shape index (κ1) is 34.1. The fourth-order valence-electron chi connectivity index (χ4n) is 2.71. The van der Waals surface area contributed by atoms with Crippen LogP contribution in [0, 0.1) is 0 Å². The molecule has 0 aliphatic heterocycles. The van der Waals surface area contributed by atoms with Gasteiger partial charge < -0.3 is 29.4 Å². The van der Waals surface area contributed by atoms with Gasteiger partial charge in [0, 0.05) is 0 Å². The van der Waals surface area contributed by atoms with Gasteiger partial charge in [0.1, 0.15) is 0 Å². The van der Waals surface area contributed by atoms with E-state index in [4.69, 9.17) is 29.4 Å². The van der Waals surface area contributed by atoms with Crippen LogP contribution in [-0.2, 0) is 40.9 Å². The molecule has 0 spiro atoms. The molecule has 0 radical (unpaired) electrons. The zero-order valence-electron chi connectivity index (χ0n) is 18.7. The molecular formula is C20H41MoO6P2S2. The average Bonchev–Trinajstić information content (AvgIpc) is 2.64. The van der Waals surface area contributed by atoms with E-state index in [1.54, 1.807) is 13.6 Å². The summed E-state index contributed by atoms with van der Waals surface area (Å²) in [5.41, 5.74) is 0. The quantitative estimate of drug-likeness (QED) is 0.106. The number of rotatable bonds is 13. The average molecular weight is 600 g/mol. The summed E-state index contributed by atoms with van der Waals surface area (Å²) >= 11 is 6.18. The van der Waals surface area contributed by atoms with Crippen molar-refractivity contribution in [1.82, 2.24) is 0 Å². The topological polar surface area (TPSA) is 121 Å². The molecule has 0 aromatic heterocycles. The Morgan fingerprint density at radius 2 is 0.935 bits per heavy atom. The van der Waals surface area contributed by atoms with E-state index in [9.17, 15) is 0 Å². The summed E-state index contributed by atoms with van der Waals surface area (Å²) in [6.07, 6.45) is 14.4. The third kappa shape index (κ3) is 35.7. The van der Waals surface area contributed by atoms with Gasteiger partial charge in [0.25, 0.3) is 0 Å². The van der Waals surface area contributed by atoms with Crippen molar-refractivity contribution < 1.29 is 46.7 Å². The van der Waals surface area contributed by atoms with E-state index in [0.717, 1.165) is 0 Å². The van der Waals surface area contributed by atoms with Crippen LogP contribution in [0.2, 0.25) is 9.62 Å². The van der Waals surface area contributed by atoms with Gasteiger partial charge in [0.05, 0.1) is 0 Å². The summed E-state index contributed by atoms with van der Waals surface area (Å²) in [4.78, 5) is 48.5. The molecule has 0 aliphatic carbocycles. The maximum atomic E-state index is 7.56. The Morgan fingerprint density at radius 3 is 1.26 bits per heavy atom. The smallest absolute Gasteiger partial charge is 0.319 e. The maximum absolute atomic E-state index is 7.56. The molecule has 0 heterocycles. The molecule has 185 valence electrons. The first-order valence-corrected chi connectivity index (χ1v) is 19.8. The zero-order valence-corrected chi connectivity index (χ0v) is 24.1. The van der Waals surface area contributed by atoms with E-state index in [-0.39, 0.29) is 0 Å². The van der Waals surface area contributed by atoms with E-state index in [2.05, 4.69) is 67.8 Å². The molecule has 0 fully saturated rings. The molecular weight excluding hydrogens is 558 g/mol. The molecule has 6 N–H and O–H groups in total. The van der Waals surface area contributed by atoms with Crippen LogP contribution >= 0.6 is 13.4 Å². The van der Waals surface area contributed by atoms with Crippen molar-refractivity contribution in [1.29, 1.82) is 0 Å². The Bertz CT molecular complexity index is 562. The summed E-state index contributed by atoms with van der Waals surface area (Å²) in [6, 6.07) is 11.5. The number of hydrogen-bond acceptors (Lipinski definition) is 2. The Morgan fingerprint density at radius 1 is 0.613 bits per heavy atom. The summed E-state index contributed by atoms with van der Waals surface area (Å²) in [6.45, 7) is -3.00. The monoisotopic (exact) mass is 601 g/mol. The summed E-state index contributed by atoms with van der Waals surface area (Å²) < 4.78 is 1.74. The predicted molar refractivity (Wildman–Crippen MR) is 135 cm³/mol. The number of benzene rings is 1. The molecule has 0 amide bonds. The van der Waals surface area contributed by atoms with Gasteiger partial charge in [-0.15, -0.1) is 0 Å². The van der Waals surface area contributed by atoms with E-state index < -0.39 is 30.7 Å². The van der Waals surface area contributed by atoms with Crippen molar-refractivity contribution in [3.63, 3.8) is 0 Å². The summed E-state index contributed by atoms with van der Waals surface area (Å²) in [5.74, 6) is 0. The van der Waals surface area contributed by atoms with E-state index in [0.29, 0.717) is 0 Å². The summed E-state index contributed by atoms with van der Waals surface area (Å²) in [7, 11) is 0. The Labute approximate surface area is 204 Å². The molecule has 0 saturated carbocycles. The predicted octanol–water partition coefficient (Wildman–Crippen LogP) is 5.08. The normalized spacial score (nSPS) is 11.4. The third-order valence-corrected chi connectivity index (χ3v) is 10.2. The van der Waals surface area contributed by atoms with Gasteiger partial charge in [-0.25, -0.2) is 0 Å². The van der Waals surface area contributed by atoms with E-state index in [1.807, 2.05) is 0 Å². The summed E-state index contributed by atoms with van der Waals surface area (Å²) in [5, 5.41) is 0. The molecule has 0 aliphatic rings. The second-order valence-corrected chi connectivity index (χ2v) is 17.6. The van der Waals surface area contributed by atoms with Crippen LogP contribution in [0.15, 0.2) is 30.3 Å². The second-order valence-electron chi connectivity index (χ2n) is 7.07. The van der Waals surface area contributed by atoms with Crippen LogP contribution in [-0.4, -0.2) is 29.4 Å². The fourth-order valence-corrected chi connectivity index (χ4v) is 8.42. The molecule has 31 heavy (non-hydrogen) atoms. The standard InChI is InChI=1S/2C7H15.C6H5.Mo.2H3O3PS/c2*1-3-5-7-6-4-2;1-2-4-6-5-3-1;;2*1-4(2,3)5/h2*1,3-7H2,2H3;1-5H;;2*(H3,1,2,3,5). The van der Waals surface area contributed by atoms with Gasteiger partial charge in [0.15, 0.2) is 0 Å². The largest absolute Gasteiger partial charge is 0.325 e.